The molecule has 0 N–H and O–H groups in total. The molecule has 0 rings (SSSR count). The summed E-state index contributed by atoms with van der Waals surface area (Å²) in [5, 5.41) is 0. The molecule has 0 aliphatic heterocycles. The van der Waals surface area contributed by atoms with Gasteiger partial charge in [-0.3, -0.25) is 0 Å². The third-order valence-electron chi connectivity index (χ3n) is 0.670. The topological polar surface area (TPSA) is 17.1 Å². The minimum Gasteiger partial charge on any atom is -0.244 e. The maximum Gasteiger partial charge on any atom is 0.305 e. The largest absolute Gasteiger partial charge is 0.305 e. The summed E-state index contributed by atoms with van der Waals surface area (Å²) >= 11 is 0. The van der Waals surface area contributed by atoms with E-state index in [0.717, 1.165) is 0 Å². The first kappa shape index (κ1) is 5.54. The van der Waals surface area contributed by atoms with Crippen molar-refractivity contribution < 1.29 is 4.79 Å². The van der Waals surface area contributed by atoms with Gasteiger partial charge in [0.1, 0.15) is 6.42 Å². The van der Waals surface area contributed by atoms with Crippen LogP contribution in [0.2, 0.25) is 0 Å². The first-order valence-corrected chi connectivity index (χ1v) is 2.13. The van der Waals surface area contributed by atoms with E-state index in [-0.39, 0.29) is 5.78 Å². The lowest BCUT2D eigenvalue weighted by atomic mass is 10.3. The predicted molar refractivity (Wildman–Crippen MR) is 25.3 cm³/mol. The van der Waals surface area contributed by atoms with E-state index >= 15 is 0 Å². The first-order valence-electron chi connectivity index (χ1n) is 2.13. The molecule has 0 aliphatic rings. The monoisotopic (exact) mass is 85.1 g/mol. The average Bonchev–Trinajstić information content (AvgIpc) is 1.65. The standard InChI is InChI=1S/C5H9O/c1-3-5(6)4-2/h3H,4H2,1-2H3/q+1. The molecule has 0 atom stereocenters. The molecule has 0 saturated heterocycles. The van der Waals surface area contributed by atoms with Crippen molar-refractivity contribution in [3.05, 3.63) is 6.42 Å². The average molecular weight is 85.1 g/mol. The van der Waals surface area contributed by atoms with E-state index in [2.05, 4.69) is 0 Å². The van der Waals surface area contributed by atoms with Crippen molar-refractivity contribution in [2.24, 2.45) is 0 Å². The van der Waals surface area contributed by atoms with Gasteiger partial charge in [-0.05, 0) is 0 Å². The molecule has 0 aromatic rings. The summed E-state index contributed by atoms with van der Waals surface area (Å²) in [5.41, 5.74) is 0. The van der Waals surface area contributed by atoms with Gasteiger partial charge in [-0.15, -0.1) is 0 Å². The van der Waals surface area contributed by atoms with Crippen LogP contribution in [-0.4, -0.2) is 5.78 Å². The van der Waals surface area contributed by atoms with Crippen LogP contribution in [0.25, 0.3) is 0 Å². The Hall–Kier alpha value is -0.460. The van der Waals surface area contributed by atoms with Crippen molar-refractivity contribution in [2.45, 2.75) is 20.3 Å². The molecular weight excluding hydrogens is 76.1 g/mol. The number of hydrogen-bond acceptors (Lipinski definition) is 1. The van der Waals surface area contributed by atoms with E-state index < -0.39 is 0 Å². The SMILES string of the molecule is C[CH+]C(=O)CC. The van der Waals surface area contributed by atoms with Crippen molar-refractivity contribution in [3.8, 4) is 0 Å². The van der Waals surface area contributed by atoms with Gasteiger partial charge in [0.25, 0.3) is 0 Å². The smallest absolute Gasteiger partial charge is 0.244 e. The van der Waals surface area contributed by atoms with Gasteiger partial charge in [0.2, 0.25) is 0 Å². The number of rotatable bonds is 2. The van der Waals surface area contributed by atoms with Crippen molar-refractivity contribution in [1.29, 1.82) is 0 Å². The fourth-order valence-electron chi connectivity index (χ4n) is 0.204. The Bertz CT molecular complexity index is 41.9. The van der Waals surface area contributed by atoms with E-state index in [4.69, 9.17) is 0 Å². The van der Waals surface area contributed by atoms with Crippen LogP contribution in [0.5, 0.6) is 0 Å². The van der Waals surface area contributed by atoms with Gasteiger partial charge in [0.05, 0.1) is 6.92 Å². The van der Waals surface area contributed by atoms with Crippen LogP contribution in [0, 0.1) is 6.42 Å². The zero-order valence-corrected chi connectivity index (χ0v) is 4.19. The third-order valence-corrected chi connectivity index (χ3v) is 0.670. The lowest BCUT2D eigenvalue weighted by Crippen LogP contribution is -1.89. The zero-order chi connectivity index (χ0) is 4.99. The molecule has 0 fully saturated rings. The summed E-state index contributed by atoms with van der Waals surface area (Å²) in [5.74, 6) is 0.218. The molecular formula is C5H9O+. The highest BCUT2D eigenvalue weighted by Crippen LogP contribution is 1.81. The number of carbonyl (C=O) groups excluding carboxylic acids is 1. The molecule has 0 aromatic carbocycles. The fourth-order valence-corrected chi connectivity index (χ4v) is 0.204. The van der Waals surface area contributed by atoms with Crippen LogP contribution >= 0.6 is 0 Å². The van der Waals surface area contributed by atoms with Crippen LogP contribution in [-0.2, 0) is 4.79 Å². The quantitative estimate of drug-likeness (QED) is 0.460. The summed E-state index contributed by atoms with van der Waals surface area (Å²) < 4.78 is 0. The summed E-state index contributed by atoms with van der Waals surface area (Å²) in [6, 6.07) is 0. The molecule has 0 amide bonds. The van der Waals surface area contributed by atoms with E-state index in [9.17, 15) is 4.79 Å². The van der Waals surface area contributed by atoms with Crippen LogP contribution in [0.1, 0.15) is 20.3 Å². The van der Waals surface area contributed by atoms with E-state index in [1.807, 2.05) is 6.92 Å². The van der Waals surface area contributed by atoms with Gasteiger partial charge in [-0.25, -0.2) is 4.79 Å². The third kappa shape index (κ3) is 1.82. The maximum absolute atomic E-state index is 10.1. The lowest BCUT2D eigenvalue weighted by molar-refractivity contribution is -0.115. The molecule has 0 aromatic heterocycles. The first-order chi connectivity index (χ1) is 2.81. The van der Waals surface area contributed by atoms with Crippen LogP contribution in [0.3, 0.4) is 0 Å². The second-order valence-electron chi connectivity index (χ2n) is 1.11. The Balaban J connectivity index is 2.99. The van der Waals surface area contributed by atoms with Crippen molar-refractivity contribution >= 4 is 5.78 Å². The predicted octanol–water partition coefficient (Wildman–Crippen LogP) is 1.19. The highest BCUT2D eigenvalue weighted by atomic mass is 16.1. The normalized spacial score (nSPS) is 7.67. The summed E-state index contributed by atoms with van der Waals surface area (Å²) in [4.78, 5) is 10.1. The van der Waals surface area contributed by atoms with Crippen LogP contribution < -0.4 is 0 Å². The Kier molecular flexibility index (Phi) is 2.55. The number of Topliss-reactive ketones (excluding diaryl/α,β-unsaturated/α-hetero) is 1. The van der Waals surface area contributed by atoms with Gasteiger partial charge >= 0.3 is 5.78 Å². The zero-order valence-electron chi connectivity index (χ0n) is 4.19. The van der Waals surface area contributed by atoms with Gasteiger partial charge in [0.15, 0.2) is 0 Å². The van der Waals surface area contributed by atoms with Crippen LogP contribution in [0.15, 0.2) is 0 Å². The Morgan fingerprint density at radius 1 is 1.83 bits per heavy atom. The van der Waals surface area contributed by atoms with Gasteiger partial charge in [-0.2, -0.15) is 0 Å². The molecule has 6 heavy (non-hydrogen) atoms. The van der Waals surface area contributed by atoms with Crippen molar-refractivity contribution in [1.82, 2.24) is 0 Å². The molecule has 0 aliphatic carbocycles. The molecule has 34 valence electrons. The Labute approximate surface area is 38.4 Å². The highest BCUT2D eigenvalue weighted by Gasteiger charge is 1.99. The Morgan fingerprint density at radius 3 is 2.33 bits per heavy atom. The molecule has 0 spiro atoms. The molecule has 0 saturated carbocycles. The second-order valence-corrected chi connectivity index (χ2v) is 1.11. The van der Waals surface area contributed by atoms with Gasteiger partial charge in [0, 0.05) is 6.42 Å². The minimum absolute atomic E-state index is 0.218. The summed E-state index contributed by atoms with van der Waals surface area (Å²) in [6.07, 6.45) is 2.22. The second kappa shape index (κ2) is 2.76. The number of ketones is 1. The van der Waals surface area contributed by atoms with Gasteiger partial charge in [-0.1, -0.05) is 6.92 Å². The maximum atomic E-state index is 10.1. The van der Waals surface area contributed by atoms with E-state index in [1.165, 1.54) is 0 Å². The number of hydrogen-bond donors (Lipinski definition) is 0. The number of carbonyl (C=O) groups is 1. The molecule has 1 heteroatoms. The minimum atomic E-state index is 0.218. The molecule has 0 bridgehead atoms. The highest BCUT2D eigenvalue weighted by molar-refractivity contribution is 5.85. The van der Waals surface area contributed by atoms with Crippen LogP contribution in [0.4, 0.5) is 0 Å². The molecule has 1 nitrogen and oxygen atoms in total. The van der Waals surface area contributed by atoms with E-state index in [1.54, 1.807) is 13.3 Å². The molecule has 0 unspecified atom stereocenters. The Morgan fingerprint density at radius 2 is 2.33 bits per heavy atom. The molecule has 0 radical (unpaired) electrons. The van der Waals surface area contributed by atoms with Gasteiger partial charge < -0.3 is 0 Å². The molecule has 0 heterocycles. The van der Waals surface area contributed by atoms with Crippen molar-refractivity contribution in [2.75, 3.05) is 0 Å². The summed E-state index contributed by atoms with van der Waals surface area (Å²) in [6.45, 7) is 3.61. The van der Waals surface area contributed by atoms with E-state index in [0.29, 0.717) is 6.42 Å². The van der Waals surface area contributed by atoms with Crippen molar-refractivity contribution in [3.63, 3.8) is 0 Å². The lowest BCUT2D eigenvalue weighted by Gasteiger charge is -1.70. The fraction of sp³-hybridized carbons (Fsp3) is 0.600. The summed E-state index contributed by atoms with van der Waals surface area (Å²) in [7, 11) is 0.